The third-order valence-corrected chi connectivity index (χ3v) is 3.96. The van der Waals surface area contributed by atoms with Gasteiger partial charge in [0.25, 0.3) is 0 Å². The van der Waals surface area contributed by atoms with E-state index >= 15 is 0 Å². The Morgan fingerprint density at radius 1 is 1.46 bits per heavy atom. The number of hydrogen-bond acceptors (Lipinski definition) is 3. The van der Waals surface area contributed by atoms with E-state index in [1.807, 2.05) is 0 Å². The predicted molar refractivity (Wildman–Crippen MR) is 50.0 cm³/mol. The maximum absolute atomic E-state index is 11.0. The molecule has 0 aromatic heterocycles. The fraction of sp³-hybridized carbons (Fsp3) is 1.00. The van der Waals surface area contributed by atoms with Crippen LogP contribution in [0.4, 0.5) is 0 Å². The van der Waals surface area contributed by atoms with Crippen molar-refractivity contribution < 1.29 is 20.8 Å². The van der Waals surface area contributed by atoms with Crippen molar-refractivity contribution in [3.63, 3.8) is 0 Å². The topological polar surface area (TPSA) is 46.2 Å². The molecule has 1 fully saturated rings. The third kappa shape index (κ3) is 4.84. The Bertz CT molecular complexity index is 228. The molecule has 1 rings (SSSR count). The standard InChI is InChI=1S/C8H17NO2S.ClH/c1-2-3-5-9-8-4-6-12(10,11)7-8;/h8-9H,2-7H2,1H3;1H/p-1. The second kappa shape index (κ2) is 5.83. The molecule has 80 valence electrons. The second-order valence-electron chi connectivity index (χ2n) is 3.41. The molecule has 1 N–H and O–H groups in total. The summed E-state index contributed by atoms with van der Waals surface area (Å²) in [6, 6.07) is 0.224. The zero-order chi connectivity index (χ0) is 9.03. The van der Waals surface area contributed by atoms with Crippen LogP contribution in [0.1, 0.15) is 26.2 Å². The predicted octanol–water partition coefficient (Wildman–Crippen LogP) is -2.43. The zero-order valence-electron chi connectivity index (χ0n) is 7.92. The van der Waals surface area contributed by atoms with Gasteiger partial charge in [0.2, 0.25) is 0 Å². The maximum Gasteiger partial charge on any atom is 0.151 e. The van der Waals surface area contributed by atoms with E-state index < -0.39 is 9.84 Å². The van der Waals surface area contributed by atoms with E-state index in [0.29, 0.717) is 11.5 Å². The van der Waals surface area contributed by atoms with Crippen LogP contribution in [0.15, 0.2) is 0 Å². The minimum atomic E-state index is -2.70. The van der Waals surface area contributed by atoms with Crippen molar-refractivity contribution in [3.8, 4) is 0 Å². The highest BCUT2D eigenvalue weighted by Gasteiger charge is 2.26. The Kier molecular flexibility index (Phi) is 5.92. The van der Waals surface area contributed by atoms with Gasteiger partial charge in [-0.1, -0.05) is 13.3 Å². The first-order valence-corrected chi connectivity index (χ1v) is 6.40. The molecular weight excluding hydrogens is 210 g/mol. The second-order valence-corrected chi connectivity index (χ2v) is 5.64. The van der Waals surface area contributed by atoms with Crippen LogP contribution in [0.3, 0.4) is 0 Å². The summed E-state index contributed by atoms with van der Waals surface area (Å²) in [5, 5.41) is 3.26. The summed E-state index contributed by atoms with van der Waals surface area (Å²) in [6.07, 6.45) is 3.09. The summed E-state index contributed by atoms with van der Waals surface area (Å²) in [6.45, 7) is 3.09. The molecule has 0 amide bonds. The lowest BCUT2D eigenvalue weighted by Crippen LogP contribution is -3.00. The Balaban J connectivity index is 0.00000144. The van der Waals surface area contributed by atoms with Crippen LogP contribution >= 0.6 is 0 Å². The van der Waals surface area contributed by atoms with Gasteiger partial charge in [0.1, 0.15) is 0 Å². The van der Waals surface area contributed by atoms with Crippen LogP contribution in [0.2, 0.25) is 0 Å². The minimum Gasteiger partial charge on any atom is -1.00 e. The van der Waals surface area contributed by atoms with Gasteiger partial charge in [-0.3, -0.25) is 0 Å². The van der Waals surface area contributed by atoms with Crippen molar-refractivity contribution in [2.75, 3.05) is 18.1 Å². The third-order valence-electron chi connectivity index (χ3n) is 2.20. The van der Waals surface area contributed by atoms with Gasteiger partial charge >= 0.3 is 0 Å². The molecule has 1 atom stereocenters. The molecule has 1 heterocycles. The first kappa shape index (κ1) is 13.2. The molecule has 0 spiro atoms. The quantitative estimate of drug-likeness (QED) is 0.543. The lowest BCUT2D eigenvalue weighted by atomic mass is 10.2. The van der Waals surface area contributed by atoms with Crippen LogP contribution in [-0.2, 0) is 9.84 Å². The summed E-state index contributed by atoms with van der Waals surface area (Å²) >= 11 is 0. The van der Waals surface area contributed by atoms with E-state index in [0.717, 1.165) is 25.8 Å². The smallest absolute Gasteiger partial charge is 0.151 e. The highest BCUT2D eigenvalue weighted by atomic mass is 35.5. The normalized spacial score (nSPS) is 25.5. The molecule has 1 saturated heterocycles. The Hall–Kier alpha value is 0.200. The number of unbranched alkanes of at least 4 members (excludes halogenated alkanes) is 1. The number of sulfone groups is 1. The molecule has 0 bridgehead atoms. The number of rotatable bonds is 4. The van der Waals surface area contributed by atoms with E-state index in [2.05, 4.69) is 12.2 Å². The largest absolute Gasteiger partial charge is 1.00 e. The molecule has 13 heavy (non-hydrogen) atoms. The number of hydrogen-bond donors (Lipinski definition) is 1. The molecule has 3 nitrogen and oxygen atoms in total. The molecule has 0 aromatic rings. The fourth-order valence-electron chi connectivity index (χ4n) is 1.44. The van der Waals surface area contributed by atoms with Crippen LogP contribution in [0.5, 0.6) is 0 Å². The lowest BCUT2D eigenvalue weighted by molar-refractivity contribution is -0.00000517. The van der Waals surface area contributed by atoms with E-state index in [-0.39, 0.29) is 18.4 Å². The van der Waals surface area contributed by atoms with Crippen LogP contribution in [0.25, 0.3) is 0 Å². The molecule has 0 saturated carbocycles. The lowest BCUT2D eigenvalue weighted by Gasteiger charge is -2.08. The molecule has 1 aliphatic rings. The average molecular weight is 227 g/mol. The molecular formula is C8H17ClNO2S-. The molecule has 0 radical (unpaired) electrons. The average Bonchev–Trinajstić information content (AvgIpc) is 2.31. The van der Waals surface area contributed by atoms with Crippen molar-refractivity contribution in [2.24, 2.45) is 0 Å². The van der Waals surface area contributed by atoms with Gasteiger partial charge in [-0.15, -0.1) is 0 Å². The van der Waals surface area contributed by atoms with E-state index in [4.69, 9.17) is 0 Å². The van der Waals surface area contributed by atoms with Crippen LogP contribution in [-0.4, -0.2) is 32.5 Å². The summed E-state index contributed by atoms with van der Waals surface area (Å²) in [4.78, 5) is 0. The summed E-state index contributed by atoms with van der Waals surface area (Å²) in [5.41, 5.74) is 0. The minimum absolute atomic E-state index is 0. The summed E-state index contributed by atoms with van der Waals surface area (Å²) in [7, 11) is -2.70. The van der Waals surface area contributed by atoms with Gasteiger partial charge in [-0.25, -0.2) is 8.42 Å². The maximum atomic E-state index is 11.0. The summed E-state index contributed by atoms with van der Waals surface area (Å²) < 4.78 is 22.1. The van der Waals surface area contributed by atoms with Crippen LogP contribution in [0, 0.1) is 0 Å². The van der Waals surface area contributed by atoms with Crippen molar-refractivity contribution in [1.82, 2.24) is 5.32 Å². The molecule has 1 aliphatic heterocycles. The molecule has 1 unspecified atom stereocenters. The number of halogens is 1. The first-order valence-electron chi connectivity index (χ1n) is 4.58. The van der Waals surface area contributed by atoms with Crippen molar-refractivity contribution >= 4 is 9.84 Å². The van der Waals surface area contributed by atoms with Crippen molar-refractivity contribution in [1.29, 1.82) is 0 Å². The Labute approximate surface area is 86.6 Å². The van der Waals surface area contributed by atoms with Gasteiger partial charge in [0.05, 0.1) is 11.5 Å². The van der Waals surface area contributed by atoms with Gasteiger partial charge in [0, 0.05) is 6.04 Å². The highest BCUT2D eigenvalue weighted by Crippen LogP contribution is 2.10. The Morgan fingerprint density at radius 3 is 2.62 bits per heavy atom. The van der Waals surface area contributed by atoms with Gasteiger partial charge in [-0.2, -0.15) is 0 Å². The number of nitrogens with one attached hydrogen (secondary N) is 1. The van der Waals surface area contributed by atoms with E-state index in [9.17, 15) is 8.42 Å². The van der Waals surface area contributed by atoms with Crippen LogP contribution < -0.4 is 17.7 Å². The van der Waals surface area contributed by atoms with Gasteiger partial charge < -0.3 is 17.7 Å². The molecule has 5 heteroatoms. The van der Waals surface area contributed by atoms with Gasteiger partial charge in [-0.05, 0) is 19.4 Å². The summed E-state index contributed by atoms with van der Waals surface area (Å²) in [5.74, 6) is 0.716. The monoisotopic (exact) mass is 226 g/mol. The van der Waals surface area contributed by atoms with E-state index in [1.54, 1.807) is 0 Å². The first-order chi connectivity index (χ1) is 5.64. The zero-order valence-corrected chi connectivity index (χ0v) is 9.50. The SMILES string of the molecule is CCCCNC1CCS(=O)(=O)C1.[Cl-]. The van der Waals surface area contributed by atoms with E-state index in [1.165, 1.54) is 0 Å². The molecule has 0 aliphatic carbocycles. The fourth-order valence-corrected chi connectivity index (χ4v) is 3.15. The van der Waals surface area contributed by atoms with Gasteiger partial charge in [0.15, 0.2) is 9.84 Å². The van der Waals surface area contributed by atoms with Crippen molar-refractivity contribution in [2.45, 2.75) is 32.2 Å². The highest BCUT2D eigenvalue weighted by molar-refractivity contribution is 7.91. The Morgan fingerprint density at radius 2 is 2.15 bits per heavy atom. The molecule has 0 aromatic carbocycles. The van der Waals surface area contributed by atoms with Crippen molar-refractivity contribution in [3.05, 3.63) is 0 Å².